The summed E-state index contributed by atoms with van der Waals surface area (Å²) >= 11 is 0. The van der Waals surface area contributed by atoms with Crippen molar-refractivity contribution in [3.05, 3.63) is 40.2 Å². The molecule has 0 aliphatic heterocycles. The van der Waals surface area contributed by atoms with Gasteiger partial charge in [-0.15, -0.1) is 0 Å². The molecule has 16 heavy (non-hydrogen) atoms. The minimum absolute atomic E-state index is 0.0301. The molecule has 0 amide bonds. The third-order valence-electron chi connectivity index (χ3n) is 2.44. The highest BCUT2D eigenvalue weighted by atomic mass is 16.4. The van der Waals surface area contributed by atoms with Crippen molar-refractivity contribution < 1.29 is 15.0 Å². The molecule has 0 spiro atoms. The number of nitrogens with zero attached hydrogens (tertiary/aromatic N) is 1. The molecule has 0 bridgehead atoms. The van der Waals surface area contributed by atoms with E-state index in [1.165, 1.54) is 29.8 Å². The minimum Gasteiger partial charge on any atom is -0.508 e. The summed E-state index contributed by atoms with van der Waals surface area (Å²) < 4.78 is 1.25. The van der Waals surface area contributed by atoms with E-state index in [4.69, 9.17) is 5.11 Å². The summed E-state index contributed by atoms with van der Waals surface area (Å²) in [5.74, 6) is -1.24. The SMILES string of the molecule is Cn1c(=O)c(C(=O)O)cc2cc(O)ccc21. The predicted octanol–water partition coefficient (Wildman–Crippen LogP) is 0.942. The number of aromatic hydroxyl groups is 1. The van der Waals surface area contributed by atoms with E-state index in [0.717, 1.165) is 0 Å². The molecule has 0 saturated carbocycles. The largest absolute Gasteiger partial charge is 0.508 e. The van der Waals surface area contributed by atoms with E-state index in [-0.39, 0.29) is 11.3 Å². The fourth-order valence-electron chi connectivity index (χ4n) is 1.62. The molecule has 0 aliphatic carbocycles. The third kappa shape index (κ3) is 1.42. The maximum absolute atomic E-state index is 11.6. The molecule has 1 aromatic heterocycles. The molecule has 0 atom stereocenters. The van der Waals surface area contributed by atoms with Gasteiger partial charge in [-0.25, -0.2) is 4.79 Å². The van der Waals surface area contributed by atoms with Crippen LogP contribution >= 0.6 is 0 Å². The minimum atomic E-state index is -1.27. The molecule has 1 heterocycles. The molecule has 2 aromatic rings. The normalized spacial score (nSPS) is 10.6. The number of carboxylic acids is 1. The quantitative estimate of drug-likeness (QED) is 0.748. The zero-order valence-electron chi connectivity index (χ0n) is 8.47. The molecular formula is C11H9NO4. The Morgan fingerprint density at radius 2 is 2.00 bits per heavy atom. The Morgan fingerprint density at radius 3 is 2.62 bits per heavy atom. The van der Waals surface area contributed by atoms with Crippen LogP contribution in [0.5, 0.6) is 5.75 Å². The van der Waals surface area contributed by atoms with Gasteiger partial charge in [0, 0.05) is 12.4 Å². The Kier molecular flexibility index (Phi) is 2.16. The number of aromatic carboxylic acids is 1. The third-order valence-corrected chi connectivity index (χ3v) is 2.44. The van der Waals surface area contributed by atoms with Crippen LogP contribution in [0.2, 0.25) is 0 Å². The van der Waals surface area contributed by atoms with Crippen molar-refractivity contribution >= 4 is 16.9 Å². The number of phenols is 1. The van der Waals surface area contributed by atoms with Crippen molar-refractivity contribution in [1.82, 2.24) is 4.57 Å². The lowest BCUT2D eigenvalue weighted by molar-refractivity contribution is 0.0694. The highest BCUT2D eigenvalue weighted by molar-refractivity contribution is 5.92. The number of fused-ring (bicyclic) bond motifs is 1. The summed E-state index contributed by atoms with van der Waals surface area (Å²) in [6.45, 7) is 0. The molecule has 0 saturated heterocycles. The van der Waals surface area contributed by atoms with E-state index >= 15 is 0 Å². The summed E-state index contributed by atoms with van der Waals surface area (Å²) in [4.78, 5) is 22.5. The van der Waals surface area contributed by atoms with Crippen LogP contribution in [0.25, 0.3) is 10.9 Å². The van der Waals surface area contributed by atoms with E-state index in [9.17, 15) is 14.7 Å². The van der Waals surface area contributed by atoms with E-state index in [1.807, 2.05) is 0 Å². The second-order valence-electron chi connectivity index (χ2n) is 3.47. The van der Waals surface area contributed by atoms with Gasteiger partial charge in [-0.2, -0.15) is 0 Å². The average molecular weight is 219 g/mol. The van der Waals surface area contributed by atoms with Gasteiger partial charge < -0.3 is 14.8 Å². The molecule has 1 aromatic carbocycles. The molecule has 0 aliphatic rings. The second kappa shape index (κ2) is 3.37. The predicted molar refractivity (Wildman–Crippen MR) is 57.8 cm³/mol. The van der Waals surface area contributed by atoms with E-state index < -0.39 is 11.5 Å². The van der Waals surface area contributed by atoms with Crippen LogP contribution in [-0.2, 0) is 7.05 Å². The van der Waals surface area contributed by atoms with Crippen LogP contribution in [0, 0.1) is 0 Å². The number of aromatic nitrogens is 1. The van der Waals surface area contributed by atoms with Gasteiger partial charge in [0.15, 0.2) is 0 Å². The Bertz CT molecular complexity index is 642. The number of hydrogen-bond donors (Lipinski definition) is 2. The first kappa shape index (κ1) is 10.2. The van der Waals surface area contributed by atoms with Crippen LogP contribution in [0.3, 0.4) is 0 Å². The molecule has 5 heteroatoms. The first-order chi connectivity index (χ1) is 7.50. The monoisotopic (exact) mass is 219 g/mol. The lowest BCUT2D eigenvalue weighted by Gasteiger charge is -2.06. The first-order valence-electron chi connectivity index (χ1n) is 4.57. The van der Waals surface area contributed by atoms with Crippen molar-refractivity contribution in [2.75, 3.05) is 0 Å². The molecular weight excluding hydrogens is 210 g/mol. The van der Waals surface area contributed by atoms with Crippen molar-refractivity contribution in [3.8, 4) is 5.75 Å². The first-order valence-corrected chi connectivity index (χ1v) is 4.57. The van der Waals surface area contributed by atoms with Gasteiger partial charge in [0.1, 0.15) is 11.3 Å². The fourth-order valence-corrected chi connectivity index (χ4v) is 1.62. The average Bonchev–Trinajstić information content (AvgIpc) is 2.22. The van der Waals surface area contributed by atoms with Gasteiger partial charge in [-0.05, 0) is 24.3 Å². The van der Waals surface area contributed by atoms with Crippen LogP contribution in [0.4, 0.5) is 0 Å². The van der Waals surface area contributed by atoms with Crippen LogP contribution in [-0.4, -0.2) is 20.7 Å². The van der Waals surface area contributed by atoms with Crippen LogP contribution in [0.1, 0.15) is 10.4 Å². The summed E-state index contributed by atoms with van der Waals surface area (Å²) in [5, 5.41) is 18.6. The van der Waals surface area contributed by atoms with E-state index in [2.05, 4.69) is 0 Å². The van der Waals surface area contributed by atoms with Gasteiger partial charge in [0.05, 0.1) is 5.52 Å². The second-order valence-corrected chi connectivity index (χ2v) is 3.47. The lowest BCUT2D eigenvalue weighted by atomic mass is 10.1. The number of rotatable bonds is 1. The Morgan fingerprint density at radius 1 is 1.31 bits per heavy atom. The number of carbonyl (C=O) groups is 1. The molecule has 0 fully saturated rings. The summed E-state index contributed by atoms with van der Waals surface area (Å²) in [6.07, 6.45) is 0. The van der Waals surface area contributed by atoms with Crippen molar-refractivity contribution in [3.63, 3.8) is 0 Å². The number of hydrogen-bond acceptors (Lipinski definition) is 3. The van der Waals surface area contributed by atoms with Gasteiger partial charge >= 0.3 is 5.97 Å². The zero-order chi connectivity index (χ0) is 11.9. The van der Waals surface area contributed by atoms with Gasteiger partial charge in [-0.1, -0.05) is 0 Å². The van der Waals surface area contributed by atoms with Crippen LogP contribution < -0.4 is 5.56 Å². The molecule has 82 valence electrons. The molecule has 2 N–H and O–H groups in total. The number of pyridine rings is 1. The zero-order valence-corrected chi connectivity index (χ0v) is 8.47. The molecule has 5 nitrogen and oxygen atoms in total. The fraction of sp³-hybridized carbons (Fsp3) is 0.0909. The standard InChI is InChI=1S/C11H9NO4/c1-12-9-3-2-7(13)4-6(9)5-8(10(12)14)11(15)16/h2-5,13H,1H3,(H,15,16). The Labute approximate surface area is 90.2 Å². The maximum atomic E-state index is 11.6. The lowest BCUT2D eigenvalue weighted by Crippen LogP contribution is -2.24. The van der Waals surface area contributed by atoms with Crippen molar-refractivity contribution in [2.45, 2.75) is 0 Å². The van der Waals surface area contributed by atoms with E-state index in [1.54, 1.807) is 6.07 Å². The number of aryl methyl sites for hydroxylation is 1. The Hall–Kier alpha value is -2.30. The molecule has 2 rings (SSSR count). The number of benzene rings is 1. The highest BCUT2D eigenvalue weighted by Crippen LogP contribution is 2.18. The number of carboxylic acid groups (broad SMARTS) is 1. The van der Waals surface area contributed by atoms with Gasteiger partial charge in [-0.3, -0.25) is 4.79 Å². The molecule has 0 radical (unpaired) electrons. The summed E-state index contributed by atoms with van der Waals surface area (Å²) in [5.41, 5.74) is -0.293. The smallest absolute Gasteiger partial charge is 0.341 e. The van der Waals surface area contributed by atoms with Gasteiger partial charge in [0.2, 0.25) is 0 Å². The molecule has 0 unspecified atom stereocenters. The van der Waals surface area contributed by atoms with Crippen molar-refractivity contribution in [1.29, 1.82) is 0 Å². The van der Waals surface area contributed by atoms with Crippen molar-refractivity contribution in [2.24, 2.45) is 7.05 Å². The Balaban J connectivity index is 2.94. The highest BCUT2D eigenvalue weighted by Gasteiger charge is 2.12. The van der Waals surface area contributed by atoms with Gasteiger partial charge in [0.25, 0.3) is 5.56 Å². The van der Waals surface area contributed by atoms with Crippen LogP contribution in [0.15, 0.2) is 29.1 Å². The summed E-state index contributed by atoms with van der Waals surface area (Å²) in [6, 6.07) is 5.70. The maximum Gasteiger partial charge on any atom is 0.341 e. The number of phenolic OH excluding ortho intramolecular Hbond substituents is 1. The summed E-state index contributed by atoms with van der Waals surface area (Å²) in [7, 11) is 1.49. The van der Waals surface area contributed by atoms with E-state index in [0.29, 0.717) is 10.9 Å². The topological polar surface area (TPSA) is 79.5 Å².